The van der Waals surface area contributed by atoms with Gasteiger partial charge in [0.05, 0.1) is 16.6 Å². The van der Waals surface area contributed by atoms with Gasteiger partial charge in [0, 0.05) is 35.4 Å². The maximum absolute atomic E-state index is 12.7. The zero-order valence-corrected chi connectivity index (χ0v) is 18.2. The van der Waals surface area contributed by atoms with Gasteiger partial charge < -0.3 is 5.32 Å². The van der Waals surface area contributed by atoms with Crippen LogP contribution in [0.2, 0.25) is 4.34 Å². The third-order valence-electron chi connectivity index (χ3n) is 4.02. The van der Waals surface area contributed by atoms with Crippen molar-refractivity contribution < 1.29 is 4.79 Å². The van der Waals surface area contributed by atoms with Crippen LogP contribution >= 0.6 is 22.9 Å². The van der Waals surface area contributed by atoms with Crippen molar-refractivity contribution in [1.29, 1.82) is 0 Å². The Kier molecular flexibility index (Phi) is 6.79. The van der Waals surface area contributed by atoms with Crippen LogP contribution in [0, 0.1) is 20.8 Å². The molecule has 3 aromatic heterocycles. The largest absolute Gasteiger partial charge is 0.309 e. The minimum absolute atomic E-state index is 0.153. The zero-order valence-electron chi connectivity index (χ0n) is 16.6. The van der Waals surface area contributed by atoms with Gasteiger partial charge in [0.1, 0.15) is 5.82 Å². The van der Waals surface area contributed by atoms with Crippen molar-refractivity contribution in [3.63, 3.8) is 0 Å². The van der Waals surface area contributed by atoms with E-state index in [0.29, 0.717) is 24.9 Å². The summed E-state index contributed by atoms with van der Waals surface area (Å²) < 4.78 is 2.29. The summed E-state index contributed by atoms with van der Waals surface area (Å²) in [5.74, 6) is 0.817. The molecule has 3 aromatic rings. The van der Waals surface area contributed by atoms with Crippen molar-refractivity contribution in [3.8, 4) is 5.95 Å². The number of aryl methyl sites for hydroxylation is 3. The highest BCUT2D eigenvalue weighted by Gasteiger charge is 2.16. The topological polar surface area (TPSA) is 75.9 Å². The van der Waals surface area contributed by atoms with Crippen molar-refractivity contribution in [2.75, 3.05) is 18.4 Å². The van der Waals surface area contributed by atoms with Gasteiger partial charge in [-0.15, -0.1) is 17.9 Å². The minimum Gasteiger partial charge on any atom is -0.309 e. The molecule has 0 radical (unpaired) electrons. The van der Waals surface area contributed by atoms with E-state index in [1.54, 1.807) is 16.8 Å². The first kappa shape index (κ1) is 21.2. The lowest BCUT2D eigenvalue weighted by atomic mass is 10.3. The van der Waals surface area contributed by atoms with E-state index < -0.39 is 0 Å². The number of hydrogen-bond acceptors (Lipinski definition) is 6. The molecule has 0 fully saturated rings. The molecule has 0 aliphatic heterocycles. The number of thiophene rings is 1. The van der Waals surface area contributed by atoms with Gasteiger partial charge in [-0.05, 0) is 39.0 Å². The van der Waals surface area contributed by atoms with Gasteiger partial charge in [0.15, 0.2) is 0 Å². The lowest BCUT2D eigenvalue weighted by Gasteiger charge is -2.19. The molecule has 0 saturated heterocycles. The molecule has 7 nitrogen and oxygen atoms in total. The molecule has 0 aromatic carbocycles. The van der Waals surface area contributed by atoms with E-state index in [9.17, 15) is 4.79 Å². The number of nitrogens with zero attached hydrogens (tertiary/aromatic N) is 5. The standard InChI is InChI=1S/C20H23ClN6OS/c1-5-8-26(11-16-6-7-17(21)29-16)12-19(28)24-18-10-15(4)25-27(18)20-22-13(2)9-14(3)23-20/h5-7,9-10H,1,8,11-12H2,2-4H3,(H,24,28). The van der Waals surface area contributed by atoms with Crippen LogP contribution in [0.4, 0.5) is 5.82 Å². The van der Waals surface area contributed by atoms with E-state index in [4.69, 9.17) is 11.6 Å². The molecule has 152 valence electrons. The quantitative estimate of drug-likeness (QED) is 0.548. The molecular formula is C20H23ClN6OS. The van der Waals surface area contributed by atoms with E-state index in [0.717, 1.165) is 26.3 Å². The van der Waals surface area contributed by atoms with Crippen LogP contribution in [0.25, 0.3) is 5.95 Å². The minimum atomic E-state index is -0.153. The van der Waals surface area contributed by atoms with E-state index in [1.165, 1.54) is 11.3 Å². The van der Waals surface area contributed by atoms with E-state index in [2.05, 4.69) is 27.0 Å². The summed E-state index contributed by atoms with van der Waals surface area (Å²) >= 11 is 7.52. The average molecular weight is 431 g/mol. The summed E-state index contributed by atoms with van der Waals surface area (Å²) in [5, 5.41) is 7.37. The molecule has 0 atom stereocenters. The predicted molar refractivity (Wildman–Crippen MR) is 117 cm³/mol. The second-order valence-electron chi connectivity index (χ2n) is 6.75. The smallest absolute Gasteiger partial charge is 0.252 e. The first-order chi connectivity index (χ1) is 13.8. The van der Waals surface area contributed by atoms with E-state index in [-0.39, 0.29) is 12.5 Å². The predicted octanol–water partition coefficient (Wildman–Crippen LogP) is 3.93. The van der Waals surface area contributed by atoms with E-state index >= 15 is 0 Å². The average Bonchev–Trinajstić information content (AvgIpc) is 3.19. The molecule has 0 unspecified atom stereocenters. The first-order valence-corrected chi connectivity index (χ1v) is 10.3. The lowest BCUT2D eigenvalue weighted by molar-refractivity contribution is -0.117. The number of aromatic nitrogens is 4. The Balaban J connectivity index is 1.75. The summed E-state index contributed by atoms with van der Waals surface area (Å²) in [6.45, 7) is 10.9. The second-order valence-corrected chi connectivity index (χ2v) is 8.55. The number of amides is 1. The molecule has 9 heteroatoms. The van der Waals surface area contributed by atoms with Gasteiger partial charge in [-0.3, -0.25) is 9.69 Å². The van der Waals surface area contributed by atoms with Crippen molar-refractivity contribution in [1.82, 2.24) is 24.6 Å². The summed E-state index contributed by atoms with van der Waals surface area (Å²) in [6.07, 6.45) is 1.78. The van der Waals surface area contributed by atoms with Crippen LogP contribution in [0.15, 0.2) is 36.9 Å². The van der Waals surface area contributed by atoms with Crippen molar-refractivity contribution in [2.45, 2.75) is 27.3 Å². The van der Waals surface area contributed by atoms with Crippen LogP contribution in [-0.2, 0) is 11.3 Å². The number of anilines is 1. The van der Waals surface area contributed by atoms with Crippen LogP contribution in [0.5, 0.6) is 0 Å². The normalized spacial score (nSPS) is 11.1. The molecule has 1 amide bonds. The highest BCUT2D eigenvalue weighted by atomic mass is 35.5. The molecule has 0 aliphatic carbocycles. The molecule has 29 heavy (non-hydrogen) atoms. The molecule has 0 saturated carbocycles. The highest BCUT2D eigenvalue weighted by Crippen LogP contribution is 2.23. The fourth-order valence-electron chi connectivity index (χ4n) is 2.95. The summed E-state index contributed by atoms with van der Waals surface area (Å²) in [6, 6.07) is 7.52. The maximum atomic E-state index is 12.7. The molecule has 3 rings (SSSR count). The summed E-state index contributed by atoms with van der Waals surface area (Å²) in [4.78, 5) is 24.7. The Morgan fingerprint density at radius 1 is 1.24 bits per heavy atom. The number of halogens is 1. The lowest BCUT2D eigenvalue weighted by Crippen LogP contribution is -2.33. The monoisotopic (exact) mass is 430 g/mol. The Labute approximate surface area is 179 Å². The van der Waals surface area contributed by atoms with Crippen molar-refractivity contribution in [3.05, 3.63) is 63.2 Å². The van der Waals surface area contributed by atoms with Crippen LogP contribution < -0.4 is 5.32 Å². The second kappa shape index (κ2) is 9.30. The molecular weight excluding hydrogens is 408 g/mol. The summed E-state index contributed by atoms with van der Waals surface area (Å²) in [5.41, 5.74) is 2.44. The Morgan fingerprint density at radius 3 is 2.59 bits per heavy atom. The van der Waals surface area contributed by atoms with Crippen molar-refractivity contribution >= 4 is 34.7 Å². The zero-order chi connectivity index (χ0) is 21.0. The highest BCUT2D eigenvalue weighted by molar-refractivity contribution is 7.16. The number of carbonyl (C=O) groups excluding carboxylic acids is 1. The maximum Gasteiger partial charge on any atom is 0.252 e. The van der Waals surface area contributed by atoms with Gasteiger partial charge in [0.25, 0.3) is 5.95 Å². The first-order valence-electron chi connectivity index (χ1n) is 9.10. The molecule has 0 bridgehead atoms. The van der Waals surface area contributed by atoms with Gasteiger partial charge in [-0.2, -0.15) is 9.78 Å². The summed E-state index contributed by atoms with van der Waals surface area (Å²) in [7, 11) is 0. The Hall–Kier alpha value is -2.55. The third kappa shape index (κ3) is 5.72. The van der Waals surface area contributed by atoms with Gasteiger partial charge >= 0.3 is 0 Å². The van der Waals surface area contributed by atoms with Gasteiger partial charge in [-0.25, -0.2) is 9.97 Å². The fraction of sp³-hybridized carbons (Fsp3) is 0.300. The number of carbonyl (C=O) groups is 1. The molecule has 0 aliphatic rings. The van der Waals surface area contributed by atoms with E-state index in [1.807, 2.05) is 43.9 Å². The van der Waals surface area contributed by atoms with Crippen LogP contribution in [0.1, 0.15) is 22.0 Å². The third-order valence-corrected chi connectivity index (χ3v) is 5.24. The van der Waals surface area contributed by atoms with Gasteiger partial charge in [-0.1, -0.05) is 17.7 Å². The number of rotatable bonds is 8. The molecule has 3 heterocycles. The molecule has 0 spiro atoms. The number of nitrogens with one attached hydrogen (secondary N) is 1. The van der Waals surface area contributed by atoms with Crippen molar-refractivity contribution in [2.24, 2.45) is 0 Å². The van der Waals surface area contributed by atoms with Crippen LogP contribution in [-0.4, -0.2) is 43.6 Å². The Bertz CT molecular complexity index is 1010. The molecule has 1 N–H and O–H groups in total. The fourth-order valence-corrected chi connectivity index (χ4v) is 4.08. The van der Waals surface area contributed by atoms with Gasteiger partial charge in [0.2, 0.25) is 5.91 Å². The number of hydrogen-bond donors (Lipinski definition) is 1. The van der Waals surface area contributed by atoms with Crippen LogP contribution in [0.3, 0.4) is 0 Å². The Morgan fingerprint density at radius 2 is 1.97 bits per heavy atom. The SMILES string of the molecule is C=CCN(CC(=O)Nc1cc(C)nn1-c1nc(C)cc(C)n1)Cc1ccc(Cl)s1.